The molecule has 1 N–H and O–H groups in total. The highest BCUT2D eigenvalue weighted by atomic mass is 32.2. The lowest BCUT2D eigenvalue weighted by atomic mass is 10.2. The molecule has 0 heterocycles. The molecule has 0 radical (unpaired) electrons. The summed E-state index contributed by atoms with van der Waals surface area (Å²) in [6.45, 7) is 10.9. The van der Waals surface area contributed by atoms with Crippen molar-refractivity contribution in [3.05, 3.63) is 0 Å². The van der Waals surface area contributed by atoms with Crippen LogP contribution < -0.4 is 5.32 Å². The number of thioether (sulfide) groups is 1. The van der Waals surface area contributed by atoms with Gasteiger partial charge in [0.2, 0.25) is 0 Å². The van der Waals surface area contributed by atoms with Crippen LogP contribution in [0.2, 0.25) is 0 Å². The fourth-order valence-electron chi connectivity index (χ4n) is 1.70. The van der Waals surface area contributed by atoms with Gasteiger partial charge in [0.1, 0.15) is 0 Å². The van der Waals surface area contributed by atoms with Crippen molar-refractivity contribution < 1.29 is 4.74 Å². The van der Waals surface area contributed by atoms with E-state index < -0.39 is 0 Å². The predicted octanol–water partition coefficient (Wildman–Crippen LogP) is 3.95. The average Bonchev–Trinajstić information content (AvgIpc) is 2.35. The molecule has 0 rings (SSSR count). The summed E-state index contributed by atoms with van der Waals surface area (Å²) in [5.41, 5.74) is 0. The van der Waals surface area contributed by atoms with Crippen LogP contribution in [-0.4, -0.2) is 37.8 Å². The first-order chi connectivity index (χ1) is 8.66. The zero-order valence-corrected chi connectivity index (χ0v) is 13.7. The fraction of sp³-hybridized carbons (Fsp3) is 1.00. The van der Waals surface area contributed by atoms with Gasteiger partial charge in [-0.2, -0.15) is 11.8 Å². The molecule has 0 aliphatic carbocycles. The lowest BCUT2D eigenvalue weighted by molar-refractivity contribution is 0.126. The number of nitrogens with one attached hydrogen (secondary N) is 1. The van der Waals surface area contributed by atoms with Crippen LogP contribution in [0.5, 0.6) is 0 Å². The summed E-state index contributed by atoms with van der Waals surface area (Å²) in [5.74, 6) is 0.755. The van der Waals surface area contributed by atoms with Crippen LogP contribution in [-0.2, 0) is 4.74 Å². The average molecular weight is 276 g/mol. The van der Waals surface area contributed by atoms with E-state index in [2.05, 4.69) is 32.3 Å². The first-order valence-electron chi connectivity index (χ1n) is 7.48. The molecule has 1 unspecified atom stereocenters. The van der Waals surface area contributed by atoms with Crippen LogP contribution in [0.3, 0.4) is 0 Å². The highest BCUT2D eigenvalue weighted by Gasteiger charge is 1.98. The Morgan fingerprint density at radius 3 is 2.28 bits per heavy atom. The lowest BCUT2D eigenvalue weighted by Gasteiger charge is -2.08. The van der Waals surface area contributed by atoms with Gasteiger partial charge in [-0.1, -0.05) is 27.2 Å². The predicted molar refractivity (Wildman–Crippen MR) is 84.6 cm³/mol. The molecule has 18 heavy (non-hydrogen) atoms. The Morgan fingerprint density at radius 1 is 1.00 bits per heavy atom. The maximum atomic E-state index is 5.64. The van der Waals surface area contributed by atoms with Gasteiger partial charge in [-0.15, -0.1) is 0 Å². The third-order valence-electron chi connectivity index (χ3n) is 3.00. The molecule has 0 amide bonds. The molecule has 0 fully saturated rings. The Bertz CT molecular complexity index is 165. The maximum Gasteiger partial charge on any atom is 0.0466 e. The van der Waals surface area contributed by atoms with Crippen molar-refractivity contribution in [1.29, 1.82) is 0 Å². The summed E-state index contributed by atoms with van der Waals surface area (Å²) in [5, 5.41) is 4.26. The van der Waals surface area contributed by atoms with Gasteiger partial charge in [0, 0.05) is 18.5 Å². The minimum absolute atomic E-state index is 0.755. The van der Waals surface area contributed by atoms with Gasteiger partial charge in [0.25, 0.3) is 0 Å². The molecular weight excluding hydrogens is 242 g/mol. The molecule has 0 aromatic rings. The van der Waals surface area contributed by atoms with Crippen molar-refractivity contribution in [2.75, 3.05) is 32.6 Å². The van der Waals surface area contributed by atoms with Crippen LogP contribution in [0.25, 0.3) is 0 Å². The topological polar surface area (TPSA) is 21.3 Å². The van der Waals surface area contributed by atoms with E-state index in [1.54, 1.807) is 0 Å². The Labute approximate surface area is 119 Å². The maximum absolute atomic E-state index is 5.64. The van der Waals surface area contributed by atoms with Crippen LogP contribution >= 0.6 is 11.8 Å². The van der Waals surface area contributed by atoms with E-state index in [1.807, 2.05) is 11.8 Å². The van der Waals surface area contributed by atoms with Crippen molar-refractivity contribution in [2.24, 2.45) is 5.92 Å². The minimum atomic E-state index is 0.755. The molecule has 1 atom stereocenters. The van der Waals surface area contributed by atoms with Crippen LogP contribution in [0, 0.1) is 5.92 Å². The van der Waals surface area contributed by atoms with Crippen LogP contribution in [0.1, 0.15) is 52.9 Å². The number of unbranched alkanes of at least 4 members (excludes halogenated alkanes) is 2. The molecule has 0 spiro atoms. The largest absolute Gasteiger partial charge is 0.381 e. The van der Waals surface area contributed by atoms with Crippen molar-refractivity contribution in [3.8, 4) is 0 Å². The SMILES string of the molecule is CSC(C)CCCCOCCCCNCC(C)C. The van der Waals surface area contributed by atoms with Crippen molar-refractivity contribution in [1.82, 2.24) is 5.32 Å². The molecule has 2 nitrogen and oxygen atoms in total. The van der Waals surface area contributed by atoms with Gasteiger partial charge in [-0.05, 0) is 50.9 Å². The molecule has 0 aliphatic heterocycles. The lowest BCUT2D eigenvalue weighted by Crippen LogP contribution is -2.20. The quantitative estimate of drug-likeness (QED) is 0.514. The van der Waals surface area contributed by atoms with Crippen molar-refractivity contribution in [3.63, 3.8) is 0 Å². The third kappa shape index (κ3) is 14.3. The second kappa shape index (κ2) is 13.7. The van der Waals surface area contributed by atoms with Gasteiger partial charge in [0.05, 0.1) is 0 Å². The number of ether oxygens (including phenoxy) is 1. The van der Waals surface area contributed by atoms with E-state index in [0.29, 0.717) is 0 Å². The smallest absolute Gasteiger partial charge is 0.0466 e. The third-order valence-corrected chi connectivity index (χ3v) is 4.04. The van der Waals surface area contributed by atoms with E-state index in [0.717, 1.165) is 37.5 Å². The number of rotatable bonds is 13. The minimum Gasteiger partial charge on any atom is -0.381 e. The monoisotopic (exact) mass is 275 g/mol. The van der Waals surface area contributed by atoms with Gasteiger partial charge in [-0.3, -0.25) is 0 Å². The number of hydrogen-bond acceptors (Lipinski definition) is 3. The van der Waals surface area contributed by atoms with E-state index in [-0.39, 0.29) is 0 Å². The van der Waals surface area contributed by atoms with E-state index in [9.17, 15) is 0 Å². The molecule has 0 aromatic carbocycles. The van der Waals surface area contributed by atoms with Gasteiger partial charge in [-0.25, -0.2) is 0 Å². The molecule has 0 bridgehead atoms. The van der Waals surface area contributed by atoms with Gasteiger partial charge in [0.15, 0.2) is 0 Å². The van der Waals surface area contributed by atoms with Gasteiger partial charge < -0.3 is 10.1 Å². The highest BCUT2D eigenvalue weighted by Crippen LogP contribution is 2.12. The molecule has 0 aliphatic rings. The zero-order valence-electron chi connectivity index (χ0n) is 12.8. The molecule has 110 valence electrons. The summed E-state index contributed by atoms with van der Waals surface area (Å²) in [7, 11) is 0. The Hall–Kier alpha value is 0.270. The second-order valence-corrected chi connectivity index (χ2v) is 6.74. The summed E-state index contributed by atoms with van der Waals surface area (Å²) in [6, 6.07) is 0. The normalized spacial score (nSPS) is 13.2. The van der Waals surface area contributed by atoms with Crippen LogP contribution in [0.15, 0.2) is 0 Å². The Kier molecular flexibility index (Phi) is 13.9. The summed E-state index contributed by atoms with van der Waals surface area (Å²) in [4.78, 5) is 0. The van der Waals surface area contributed by atoms with Gasteiger partial charge >= 0.3 is 0 Å². The summed E-state index contributed by atoms with van der Waals surface area (Å²) in [6.07, 6.45) is 8.45. The summed E-state index contributed by atoms with van der Waals surface area (Å²) >= 11 is 1.96. The zero-order chi connectivity index (χ0) is 13.6. The second-order valence-electron chi connectivity index (χ2n) is 5.46. The van der Waals surface area contributed by atoms with E-state index in [4.69, 9.17) is 4.74 Å². The van der Waals surface area contributed by atoms with Crippen LogP contribution in [0.4, 0.5) is 0 Å². The summed E-state index contributed by atoms with van der Waals surface area (Å²) < 4.78 is 5.64. The standard InChI is InChI=1S/C15H33NOS/c1-14(2)13-16-10-6-8-12-17-11-7-5-9-15(3)18-4/h14-16H,5-13H2,1-4H3. The Morgan fingerprint density at radius 2 is 1.67 bits per heavy atom. The first kappa shape index (κ1) is 18.3. The van der Waals surface area contributed by atoms with Crippen molar-refractivity contribution >= 4 is 11.8 Å². The fourth-order valence-corrected chi connectivity index (χ4v) is 2.10. The molecule has 3 heteroatoms. The molecule has 0 saturated heterocycles. The van der Waals surface area contributed by atoms with Crippen molar-refractivity contribution in [2.45, 2.75) is 58.1 Å². The molecular formula is C15H33NOS. The number of hydrogen-bond donors (Lipinski definition) is 1. The Balaban J connectivity index is 2.99. The van der Waals surface area contributed by atoms with E-state index >= 15 is 0 Å². The first-order valence-corrected chi connectivity index (χ1v) is 8.76. The molecule has 0 saturated carbocycles. The molecule has 0 aromatic heterocycles. The highest BCUT2D eigenvalue weighted by molar-refractivity contribution is 7.99. The van der Waals surface area contributed by atoms with E-state index in [1.165, 1.54) is 32.1 Å².